The summed E-state index contributed by atoms with van der Waals surface area (Å²) in [5, 5.41) is 18.9. The zero-order valence-corrected chi connectivity index (χ0v) is 10.8. The van der Waals surface area contributed by atoms with Gasteiger partial charge in [-0.2, -0.15) is 0 Å². The Bertz CT molecular complexity index is 311. The van der Waals surface area contributed by atoms with Crippen molar-refractivity contribution in [2.75, 3.05) is 26.2 Å². The summed E-state index contributed by atoms with van der Waals surface area (Å²) in [5.74, 6) is 0. The highest BCUT2D eigenvalue weighted by atomic mass is 16.3. The number of aliphatic hydroxyl groups excluding tert-OH is 2. The Morgan fingerprint density at radius 3 is 2.35 bits per heavy atom. The first-order valence-electron chi connectivity index (χ1n) is 6.25. The highest BCUT2D eigenvalue weighted by Gasteiger charge is 2.09. The second-order valence-electron chi connectivity index (χ2n) is 4.37. The third-order valence-electron chi connectivity index (χ3n) is 3.04. The maximum atomic E-state index is 10.0. The summed E-state index contributed by atoms with van der Waals surface area (Å²) in [6, 6.07) is 7.98. The summed E-state index contributed by atoms with van der Waals surface area (Å²) in [6.07, 6.45) is 0.292. The molecule has 1 atom stereocenters. The lowest BCUT2D eigenvalue weighted by Gasteiger charge is -2.21. The lowest BCUT2D eigenvalue weighted by molar-refractivity contribution is 0.133. The van der Waals surface area contributed by atoms with Gasteiger partial charge in [0, 0.05) is 13.1 Å². The molecule has 0 aliphatic heterocycles. The summed E-state index contributed by atoms with van der Waals surface area (Å²) in [7, 11) is 0. The van der Waals surface area contributed by atoms with Crippen LogP contribution >= 0.6 is 0 Å². The van der Waals surface area contributed by atoms with Crippen molar-refractivity contribution in [3.8, 4) is 0 Å². The van der Waals surface area contributed by atoms with Gasteiger partial charge in [0.15, 0.2) is 0 Å². The van der Waals surface area contributed by atoms with Gasteiger partial charge in [-0.3, -0.25) is 0 Å². The number of likely N-dealkylation sites (N-methyl/N-ethyl adjacent to an activating group) is 1. The van der Waals surface area contributed by atoms with Gasteiger partial charge in [0.2, 0.25) is 0 Å². The number of nitrogens with zero attached hydrogens (tertiary/aromatic N) is 1. The van der Waals surface area contributed by atoms with E-state index >= 15 is 0 Å². The van der Waals surface area contributed by atoms with Crippen LogP contribution in [0, 0.1) is 6.92 Å². The molecule has 1 aromatic rings. The van der Waals surface area contributed by atoms with Crippen LogP contribution < -0.4 is 0 Å². The largest absolute Gasteiger partial charge is 0.395 e. The van der Waals surface area contributed by atoms with Crippen molar-refractivity contribution >= 4 is 0 Å². The molecule has 0 aliphatic carbocycles. The Hall–Kier alpha value is -0.900. The van der Waals surface area contributed by atoms with Crippen molar-refractivity contribution < 1.29 is 10.2 Å². The fourth-order valence-corrected chi connectivity index (χ4v) is 1.83. The first-order chi connectivity index (χ1) is 8.17. The van der Waals surface area contributed by atoms with E-state index in [4.69, 9.17) is 5.11 Å². The molecule has 3 nitrogen and oxygen atoms in total. The molecular formula is C14H23NO2. The summed E-state index contributed by atoms with van der Waals surface area (Å²) in [5.41, 5.74) is 2.17. The van der Waals surface area contributed by atoms with E-state index in [1.54, 1.807) is 0 Å². The summed E-state index contributed by atoms with van der Waals surface area (Å²) in [6.45, 7) is 6.67. The SMILES string of the molecule is CCN(CCO)CCC(O)c1ccc(C)cc1. The van der Waals surface area contributed by atoms with Gasteiger partial charge in [0.1, 0.15) is 0 Å². The minimum atomic E-state index is -0.414. The summed E-state index contributed by atoms with van der Waals surface area (Å²) in [4.78, 5) is 2.14. The number of benzene rings is 1. The van der Waals surface area contributed by atoms with Crippen molar-refractivity contribution in [3.05, 3.63) is 35.4 Å². The lowest BCUT2D eigenvalue weighted by atomic mass is 10.0. The Morgan fingerprint density at radius 2 is 1.82 bits per heavy atom. The smallest absolute Gasteiger partial charge is 0.0802 e. The second-order valence-corrected chi connectivity index (χ2v) is 4.37. The number of hydrogen-bond acceptors (Lipinski definition) is 3. The molecule has 0 aromatic heterocycles. The highest BCUT2D eigenvalue weighted by molar-refractivity contribution is 5.22. The van der Waals surface area contributed by atoms with Crippen LogP contribution in [0.15, 0.2) is 24.3 Å². The highest BCUT2D eigenvalue weighted by Crippen LogP contribution is 2.17. The Balaban J connectivity index is 2.43. The van der Waals surface area contributed by atoms with E-state index in [2.05, 4.69) is 11.8 Å². The maximum Gasteiger partial charge on any atom is 0.0802 e. The van der Waals surface area contributed by atoms with E-state index < -0.39 is 6.10 Å². The molecule has 0 radical (unpaired) electrons. The summed E-state index contributed by atoms with van der Waals surface area (Å²) < 4.78 is 0. The minimum absolute atomic E-state index is 0.175. The second kappa shape index (κ2) is 7.43. The van der Waals surface area contributed by atoms with Gasteiger partial charge >= 0.3 is 0 Å². The first kappa shape index (κ1) is 14.2. The molecule has 1 aromatic carbocycles. The Morgan fingerprint density at radius 1 is 1.18 bits per heavy atom. The van der Waals surface area contributed by atoms with E-state index in [-0.39, 0.29) is 6.61 Å². The molecular weight excluding hydrogens is 214 g/mol. The molecule has 0 amide bonds. The van der Waals surface area contributed by atoms with E-state index in [1.165, 1.54) is 5.56 Å². The van der Waals surface area contributed by atoms with Crippen molar-refractivity contribution in [2.45, 2.75) is 26.4 Å². The van der Waals surface area contributed by atoms with Gasteiger partial charge in [-0.1, -0.05) is 36.8 Å². The quantitative estimate of drug-likeness (QED) is 0.759. The van der Waals surface area contributed by atoms with Crippen LogP contribution in [0.5, 0.6) is 0 Å². The molecule has 1 rings (SSSR count). The third-order valence-corrected chi connectivity index (χ3v) is 3.04. The molecule has 0 aliphatic rings. The molecule has 2 N–H and O–H groups in total. The predicted molar refractivity (Wildman–Crippen MR) is 70.0 cm³/mol. The van der Waals surface area contributed by atoms with Gasteiger partial charge in [0.25, 0.3) is 0 Å². The average molecular weight is 237 g/mol. The van der Waals surface area contributed by atoms with E-state index in [0.717, 1.165) is 18.7 Å². The van der Waals surface area contributed by atoms with Gasteiger partial charge in [-0.05, 0) is 25.5 Å². The monoisotopic (exact) mass is 237 g/mol. The van der Waals surface area contributed by atoms with Crippen molar-refractivity contribution in [3.63, 3.8) is 0 Å². The van der Waals surface area contributed by atoms with Crippen LogP contribution in [-0.4, -0.2) is 41.4 Å². The molecule has 1 unspecified atom stereocenters. The molecule has 0 saturated carbocycles. The Labute approximate surface area is 104 Å². The first-order valence-corrected chi connectivity index (χ1v) is 6.25. The zero-order valence-electron chi connectivity index (χ0n) is 10.8. The van der Waals surface area contributed by atoms with Gasteiger partial charge in [-0.25, -0.2) is 0 Å². The van der Waals surface area contributed by atoms with Gasteiger partial charge in [0.05, 0.1) is 12.7 Å². The molecule has 0 fully saturated rings. The molecule has 3 heteroatoms. The van der Waals surface area contributed by atoms with Crippen LogP contribution in [0.25, 0.3) is 0 Å². The number of hydrogen-bond donors (Lipinski definition) is 2. The van der Waals surface area contributed by atoms with Crippen LogP contribution in [0.1, 0.15) is 30.6 Å². The zero-order chi connectivity index (χ0) is 12.7. The number of rotatable bonds is 7. The van der Waals surface area contributed by atoms with Crippen molar-refractivity contribution in [1.82, 2.24) is 4.90 Å². The van der Waals surface area contributed by atoms with Crippen LogP contribution in [0.2, 0.25) is 0 Å². The number of aliphatic hydroxyl groups is 2. The minimum Gasteiger partial charge on any atom is -0.395 e. The molecule has 17 heavy (non-hydrogen) atoms. The van der Waals surface area contributed by atoms with Crippen LogP contribution in [-0.2, 0) is 0 Å². The molecule has 0 spiro atoms. The normalized spacial score (nSPS) is 13.0. The predicted octanol–water partition coefficient (Wildman–Crippen LogP) is 1.73. The van der Waals surface area contributed by atoms with E-state index in [0.29, 0.717) is 13.0 Å². The van der Waals surface area contributed by atoms with Crippen molar-refractivity contribution in [2.24, 2.45) is 0 Å². The average Bonchev–Trinajstić information content (AvgIpc) is 2.35. The third kappa shape index (κ3) is 4.86. The molecule has 0 bridgehead atoms. The van der Waals surface area contributed by atoms with Gasteiger partial charge < -0.3 is 15.1 Å². The molecule has 0 saturated heterocycles. The van der Waals surface area contributed by atoms with E-state index in [1.807, 2.05) is 31.2 Å². The fraction of sp³-hybridized carbons (Fsp3) is 0.571. The van der Waals surface area contributed by atoms with Crippen LogP contribution in [0.3, 0.4) is 0 Å². The topological polar surface area (TPSA) is 43.7 Å². The standard InChI is InChI=1S/C14H23NO2/c1-3-15(10-11-16)9-8-14(17)13-6-4-12(2)5-7-13/h4-7,14,16-17H,3,8-11H2,1-2H3. The van der Waals surface area contributed by atoms with Crippen molar-refractivity contribution in [1.29, 1.82) is 0 Å². The number of aryl methyl sites for hydroxylation is 1. The maximum absolute atomic E-state index is 10.0. The fourth-order valence-electron chi connectivity index (χ4n) is 1.83. The summed E-state index contributed by atoms with van der Waals surface area (Å²) >= 11 is 0. The molecule has 0 heterocycles. The van der Waals surface area contributed by atoms with E-state index in [9.17, 15) is 5.11 Å². The lowest BCUT2D eigenvalue weighted by Crippen LogP contribution is -2.28. The Kier molecular flexibility index (Phi) is 6.19. The van der Waals surface area contributed by atoms with Crippen LogP contribution in [0.4, 0.5) is 0 Å². The van der Waals surface area contributed by atoms with Gasteiger partial charge in [-0.15, -0.1) is 0 Å². The molecule has 96 valence electrons.